The van der Waals surface area contributed by atoms with Gasteiger partial charge in [-0.2, -0.15) is 0 Å². The molecule has 0 bridgehead atoms. The number of pyridine rings is 1. The summed E-state index contributed by atoms with van der Waals surface area (Å²) in [5.41, 5.74) is 1.44. The summed E-state index contributed by atoms with van der Waals surface area (Å²) in [6.07, 6.45) is -1.47. The zero-order valence-electron chi connectivity index (χ0n) is 21.4. The highest BCUT2D eigenvalue weighted by Crippen LogP contribution is 2.48. The van der Waals surface area contributed by atoms with Crippen LogP contribution in [0.2, 0.25) is 0 Å². The maximum absolute atomic E-state index is 14.1. The largest absolute Gasteiger partial charge is 0.573 e. The molecule has 208 valence electrons. The zero-order valence-corrected chi connectivity index (χ0v) is 22.2. The summed E-state index contributed by atoms with van der Waals surface area (Å²) in [6.45, 7) is 1.65. The first-order chi connectivity index (χ1) is 19.1. The van der Waals surface area contributed by atoms with Crippen LogP contribution in [-0.4, -0.2) is 32.3 Å². The van der Waals surface area contributed by atoms with E-state index in [9.17, 15) is 26.4 Å². The summed E-state index contributed by atoms with van der Waals surface area (Å²) in [5.74, 6) is -0.606. The highest BCUT2D eigenvalue weighted by molar-refractivity contribution is 7.92. The van der Waals surface area contributed by atoms with Gasteiger partial charge < -0.3 is 9.47 Å². The van der Waals surface area contributed by atoms with Gasteiger partial charge >= 0.3 is 12.3 Å². The van der Waals surface area contributed by atoms with Crippen LogP contribution in [0, 0.1) is 0 Å². The average molecular weight is 571 g/mol. The van der Waals surface area contributed by atoms with Crippen molar-refractivity contribution in [3.05, 3.63) is 95.7 Å². The smallest absolute Gasteiger partial charge is 0.462 e. The Bertz CT molecular complexity index is 1640. The van der Waals surface area contributed by atoms with Crippen molar-refractivity contribution < 1.29 is 35.9 Å². The number of hydrogen-bond acceptors (Lipinski definition) is 6. The monoisotopic (exact) mass is 570 g/mol. The summed E-state index contributed by atoms with van der Waals surface area (Å²) in [4.78, 5) is 16.6. The SMILES string of the molecule is CCOC(=O)c1ccc(S(=O)(=O)N(Cc2ccc(OC(F)(F)F)cc2)c2ncc3ccccc3c2C2CC2)cc1. The number of rotatable bonds is 9. The van der Waals surface area contributed by atoms with Gasteiger partial charge in [0.1, 0.15) is 11.6 Å². The van der Waals surface area contributed by atoms with Crippen LogP contribution >= 0.6 is 0 Å². The number of hydrogen-bond donors (Lipinski definition) is 0. The van der Waals surface area contributed by atoms with Crippen LogP contribution in [0.1, 0.15) is 47.2 Å². The van der Waals surface area contributed by atoms with E-state index in [-0.39, 0.29) is 35.3 Å². The highest BCUT2D eigenvalue weighted by Gasteiger charge is 2.35. The minimum absolute atomic E-state index is 0.0747. The lowest BCUT2D eigenvalue weighted by atomic mass is 10.0. The summed E-state index contributed by atoms with van der Waals surface area (Å²) in [5, 5.41) is 1.76. The molecule has 1 aliphatic carbocycles. The quantitative estimate of drug-likeness (QED) is 0.211. The van der Waals surface area contributed by atoms with Gasteiger partial charge in [0.05, 0.1) is 23.6 Å². The van der Waals surface area contributed by atoms with Crippen molar-refractivity contribution in [2.45, 2.75) is 43.5 Å². The van der Waals surface area contributed by atoms with Crippen molar-refractivity contribution in [3.8, 4) is 5.75 Å². The summed E-state index contributed by atoms with van der Waals surface area (Å²) < 4.78 is 76.3. The van der Waals surface area contributed by atoms with Crippen LogP contribution in [0.25, 0.3) is 10.8 Å². The summed E-state index contributed by atoms with van der Waals surface area (Å²) >= 11 is 0. The molecule has 5 rings (SSSR count). The van der Waals surface area contributed by atoms with Crippen LogP contribution in [0.4, 0.5) is 19.0 Å². The van der Waals surface area contributed by atoms with Crippen molar-refractivity contribution in [2.24, 2.45) is 0 Å². The first-order valence-corrected chi connectivity index (χ1v) is 14.0. The molecule has 0 radical (unpaired) electrons. The lowest BCUT2D eigenvalue weighted by Gasteiger charge is -2.27. The number of nitrogens with zero attached hydrogens (tertiary/aromatic N) is 2. The molecule has 0 saturated heterocycles. The van der Waals surface area contributed by atoms with E-state index in [4.69, 9.17) is 4.74 Å². The van der Waals surface area contributed by atoms with Crippen molar-refractivity contribution in [1.82, 2.24) is 4.98 Å². The molecule has 1 saturated carbocycles. The molecule has 11 heteroatoms. The van der Waals surface area contributed by atoms with E-state index < -0.39 is 28.1 Å². The Labute approximate surface area is 229 Å². The minimum atomic E-state index is -4.85. The van der Waals surface area contributed by atoms with E-state index in [0.717, 1.165) is 41.3 Å². The zero-order chi connectivity index (χ0) is 28.5. The summed E-state index contributed by atoms with van der Waals surface area (Å²) in [7, 11) is -4.24. The maximum atomic E-state index is 14.1. The minimum Gasteiger partial charge on any atom is -0.462 e. The molecule has 0 unspecified atom stereocenters. The molecular formula is C29H25F3N2O5S. The van der Waals surface area contributed by atoms with E-state index in [0.29, 0.717) is 5.56 Å². The number of alkyl halides is 3. The second-order valence-electron chi connectivity index (χ2n) is 9.31. The van der Waals surface area contributed by atoms with Gasteiger partial charge in [-0.15, -0.1) is 13.2 Å². The number of halogens is 3. The molecule has 0 spiro atoms. The number of sulfonamides is 1. The van der Waals surface area contributed by atoms with E-state index in [1.165, 1.54) is 40.7 Å². The van der Waals surface area contributed by atoms with Crippen LogP contribution in [0.3, 0.4) is 0 Å². The summed E-state index contributed by atoms with van der Waals surface area (Å²) in [6, 6.07) is 18.0. The third-order valence-corrected chi connectivity index (χ3v) is 8.23. The topological polar surface area (TPSA) is 85.8 Å². The molecule has 1 aromatic heterocycles. The predicted octanol–water partition coefficient (Wildman–Crippen LogP) is 6.58. The Morgan fingerprint density at radius 1 is 1.00 bits per heavy atom. The number of anilines is 1. The Kier molecular flexibility index (Phi) is 7.41. The van der Waals surface area contributed by atoms with Gasteiger partial charge in [0.25, 0.3) is 10.0 Å². The molecule has 0 atom stereocenters. The third kappa shape index (κ3) is 5.89. The number of esters is 1. The van der Waals surface area contributed by atoms with Gasteiger partial charge in [0.15, 0.2) is 0 Å². The molecular weight excluding hydrogens is 545 g/mol. The van der Waals surface area contributed by atoms with Crippen molar-refractivity contribution in [1.29, 1.82) is 0 Å². The fraction of sp³-hybridized carbons (Fsp3) is 0.241. The average Bonchev–Trinajstić information content (AvgIpc) is 3.77. The molecule has 1 heterocycles. The molecule has 3 aromatic carbocycles. The Hall–Kier alpha value is -4.12. The number of carbonyl (C=O) groups excluding carboxylic acids is 1. The molecule has 40 heavy (non-hydrogen) atoms. The number of benzene rings is 3. The van der Waals surface area contributed by atoms with Crippen LogP contribution in [0.5, 0.6) is 5.75 Å². The van der Waals surface area contributed by atoms with Crippen molar-refractivity contribution in [2.75, 3.05) is 10.9 Å². The second-order valence-corrected chi connectivity index (χ2v) is 11.2. The van der Waals surface area contributed by atoms with E-state index in [1.54, 1.807) is 13.1 Å². The standard InChI is InChI=1S/C29H25F3N2O5S/c1-2-38-28(35)21-11-15-24(16-12-21)40(36,37)34(18-19-7-13-23(14-8-19)39-29(30,31)32)27-26(20-9-10-20)25-6-4-3-5-22(25)17-33-27/h3-8,11-17,20H,2,9-10,18H2,1H3. The molecule has 1 aliphatic rings. The highest BCUT2D eigenvalue weighted by atomic mass is 32.2. The van der Waals surface area contributed by atoms with Crippen LogP contribution in [-0.2, 0) is 21.3 Å². The van der Waals surface area contributed by atoms with E-state index in [1.807, 2.05) is 24.3 Å². The lowest BCUT2D eigenvalue weighted by Crippen LogP contribution is -2.32. The first kappa shape index (κ1) is 27.4. The van der Waals surface area contributed by atoms with Gasteiger partial charge in [0, 0.05) is 17.1 Å². The van der Waals surface area contributed by atoms with Gasteiger partial charge in [-0.3, -0.25) is 0 Å². The number of ether oxygens (including phenoxy) is 2. The fourth-order valence-corrected chi connectivity index (χ4v) is 5.92. The van der Waals surface area contributed by atoms with Crippen molar-refractivity contribution in [3.63, 3.8) is 0 Å². The van der Waals surface area contributed by atoms with Gasteiger partial charge in [-0.1, -0.05) is 36.4 Å². The predicted molar refractivity (Wildman–Crippen MR) is 143 cm³/mol. The Morgan fingerprint density at radius 2 is 1.68 bits per heavy atom. The molecule has 7 nitrogen and oxygen atoms in total. The number of carbonyl (C=O) groups is 1. The normalized spacial score (nSPS) is 13.7. The van der Waals surface area contributed by atoms with Gasteiger partial charge in [-0.05, 0) is 73.0 Å². The number of aromatic nitrogens is 1. The van der Waals surface area contributed by atoms with E-state index in [2.05, 4.69) is 9.72 Å². The lowest BCUT2D eigenvalue weighted by molar-refractivity contribution is -0.274. The molecule has 1 fully saturated rings. The number of fused-ring (bicyclic) bond motifs is 1. The first-order valence-electron chi connectivity index (χ1n) is 12.6. The fourth-order valence-electron chi connectivity index (χ4n) is 4.49. The Balaban J connectivity index is 1.59. The van der Waals surface area contributed by atoms with Gasteiger partial charge in [0.2, 0.25) is 0 Å². The molecule has 0 aliphatic heterocycles. The maximum Gasteiger partial charge on any atom is 0.573 e. The molecule has 0 N–H and O–H groups in total. The third-order valence-electron chi connectivity index (χ3n) is 6.48. The second kappa shape index (κ2) is 10.8. The van der Waals surface area contributed by atoms with Gasteiger partial charge in [-0.25, -0.2) is 22.5 Å². The van der Waals surface area contributed by atoms with Crippen LogP contribution < -0.4 is 9.04 Å². The van der Waals surface area contributed by atoms with Crippen molar-refractivity contribution >= 4 is 32.6 Å². The van der Waals surface area contributed by atoms with Crippen LogP contribution in [0.15, 0.2) is 83.9 Å². The molecule has 4 aromatic rings. The van der Waals surface area contributed by atoms with E-state index >= 15 is 0 Å². The molecule has 0 amide bonds. The Morgan fingerprint density at radius 3 is 2.30 bits per heavy atom.